The molecule has 1 aliphatic rings. The minimum atomic E-state index is -1.83. The summed E-state index contributed by atoms with van der Waals surface area (Å²) < 4.78 is 7.14. The third kappa shape index (κ3) is 1.20. The summed E-state index contributed by atoms with van der Waals surface area (Å²) >= 11 is 0. The minimum Gasteiger partial charge on any atom is -0.386 e. The molecule has 1 rings (SSSR count). The van der Waals surface area contributed by atoms with Gasteiger partial charge >= 0.3 is 0 Å². The summed E-state index contributed by atoms with van der Waals surface area (Å²) in [7, 11) is 0. The average Bonchev–Trinajstić information content (AvgIpc) is 1.83. The van der Waals surface area contributed by atoms with E-state index in [-0.39, 0.29) is 0 Å². The summed E-state index contributed by atoms with van der Waals surface area (Å²) in [6.07, 6.45) is 1.57. The van der Waals surface area contributed by atoms with Crippen LogP contribution >= 0.6 is 0 Å². The van der Waals surface area contributed by atoms with Crippen LogP contribution in [-0.2, 0) is 0 Å². The average molecular weight is 127 g/mol. The molecule has 2 heteroatoms. The Kier molecular flexibility index (Phi) is 1.35. The van der Waals surface area contributed by atoms with E-state index in [1.54, 1.807) is 19.1 Å². The monoisotopic (exact) mass is 127 g/mol. The first-order chi connectivity index (χ1) is 4.54. The van der Waals surface area contributed by atoms with Gasteiger partial charge in [0.2, 0.25) is 0 Å². The van der Waals surface area contributed by atoms with Crippen molar-refractivity contribution in [2.24, 2.45) is 0 Å². The molecule has 0 heterocycles. The zero-order valence-electron chi connectivity index (χ0n) is 6.20. The van der Waals surface area contributed by atoms with E-state index in [2.05, 4.69) is 0 Å². The molecule has 0 spiro atoms. The SMILES string of the molecule is [2H][C@@]1(O)C=CC=C(C)[C@@H]1O. The van der Waals surface area contributed by atoms with Crippen LogP contribution in [0.15, 0.2) is 23.8 Å². The van der Waals surface area contributed by atoms with Gasteiger partial charge in [-0.25, -0.2) is 0 Å². The molecule has 9 heavy (non-hydrogen) atoms. The molecule has 1 aliphatic carbocycles. The first-order valence-electron chi connectivity index (χ1n) is 3.30. The molecule has 2 atom stereocenters. The largest absolute Gasteiger partial charge is 0.386 e. The highest BCUT2D eigenvalue weighted by Gasteiger charge is 2.16. The molecule has 0 unspecified atom stereocenters. The summed E-state index contributed by atoms with van der Waals surface area (Å²) in [6, 6.07) is 0. The molecule has 0 aromatic rings. The van der Waals surface area contributed by atoms with Crippen molar-refractivity contribution in [3.05, 3.63) is 23.8 Å². The minimum absolute atomic E-state index is 0.611. The quantitative estimate of drug-likeness (QED) is 0.489. The second kappa shape index (κ2) is 2.33. The van der Waals surface area contributed by atoms with Crippen LogP contribution in [0, 0.1) is 0 Å². The fourth-order valence-corrected chi connectivity index (χ4v) is 0.714. The Hall–Kier alpha value is -0.600. The van der Waals surface area contributed by atoms with Gasteiger partial charge in [-0.05, 0) is 12.5 Å². The van der Waals surface area contributed by atoms with E-state index in [1.165, 1.54) is 6.08 Å². The summed E-state index contributed by atoms with van der Waals surface area (Å²) in [5.74, 6) is 0. The fourth-order valence-electron chi connectivity index (χ4n) is 0.714. The van der Waals surface area contributed by atoms with Gasteiger partial charge in [-0.15, -0.1) is 0 Å². The van der Waals surface area contributed by atoms with Crippen LogP contribution in [0.5, 0.6) is 0 Å². The number of aliphatic hydroxyl groups excluding tert-OH is 1. The molecule has 0 bridgehead atoms. The standard InChI is InChI=1S/C7H10O2/c1-5-3-2-4-6(8)7(5)9/h2-4,6-9H,1H3/t6-,7+/m1/s1/i6D. The summed E-state index contributed by atoms with van der Waals surface area (Å²) in [5.41, 5.74) is 0.611. The third-order valence-corrected chi connectivity index (χ3v) is 1.34. The molecule has 50 valence electrons. The number of rotatable bonds is 0. The van der Waals surface area contributed by atoms with E-state index in [4.69, 9.17) is 11.6 Å². The summed E-state index contributed by atoms with van der Waals surface area (Å²) in [5, 5.41) is 18.3. The van der Waals surface area contributed by atoms with Gasteiger partial charge in [0.15, 0.2) is 0 Å². The lowest BCUT2D eigenvalue weighted by molar-refractivity contribution is 0.0716. The summed E-state index contributed by atoms with van der Waals surface area (Å²) in [4.78, 5) is 0. The Bertz CT molecular complexity index is 194. The van der Waals surface area contributed by atoms with Crippen molar-refractivity contribution in [3.63, 3.8) is 0 Å². The lowest BCUT2D eigenvalue weighted by Gasteiger charge is -2.17. The van der Waals surface area contributed by atoms with Crippen molar-refractivity contribution in [2.75, 3.05) is 0 Å². The molecule has 0 amide bonds. The molecule has 0 radical (unpaired) electrons. The Labute approximate surface area is 55.5 Å². The molecule has 2 nitrogen and oxygen atoms in total. The van der Waals surface area contributed by atoms with Gasteiger partial charge in [-0.1, -0.05) is 18.2 Å². The Morgan fingerprint density at radius 2 is 2.33 bits per heavy atom. The van der Waals surface area contributed by atoms with Gasteiger partial charge in [-0.3, -0.25) is 0 Å². The van der Waals surface area contributed by atoms with E-state index in [9.17, 15) is 0 Å². The number of aliphatic hydroxyl groups is 2. The normalized spacial score (nSPS) is 44.1. The zero-order chi connectivity index (χ0) is 7.78. The van der Waals surface area contributed by atoms with Crippen LogP contribution in [0.1, 0.15) is 8.29 Å². The second-order valence-corrected chi connectivity index (χ2v) is 2.10. The highest BCUT2D eigenvalue weighted by Crippen LogP contribution is 2.11. The molecular formula is C7H10O2. The van der Waals surface area contributed by atoms with Crippen molar-refractivity contribution in [1.82, 2.24) is 0 Å². The highest BCUT2D eigenvalue weighted by atomic mass is 16.3. The predicted octanol–water partition coefficient (Wildman–Crippen LogP) is 0.224. The van der Waals surface area contributed by atoms with E-state index in [1.807, 2.05) is 0 Å². The maximum absolute atomic E-state index is 9.15. The summed E-state index contributed by atoms with van der Waals surface area (Å²) in [6.45, 7) is 1.67. The molecular weight excluding hydrogens is 116 g/mol. The van der Waals surface area contributed by atoms with Crippen LogP contribution in [0.4, 0.5) is 0 Å². The van der Waals surface area contributed by atoms with Gasteiger partial charge in [0.1, 0.15) is 12.2 Å². The van der Waals surface area contributed by atoms with Crippen LogP contribution < -0.4 is 0 Å². The number of allylic oxidation sites excluding steroid dienone is 2. The predicted molar refractivity (Wildman–Crippen MR) is 34.9 cm³/mol. The molecule has 0 saturated carbocycles. The number of hydrogen-bond acceptors (Lipinski definition) is 2. The topological polar surface area (TPSA) is 40.5 Å². The van der Waals surface area contributed by atoms with Crippen molar-refractivity contribution in [2.45, 2.75) is 19.1 Å². The van der Waals surface area contributed by atoms with E-state index in [0.717, 1.165) is 0 Å². The Balaban J connectivity index is 2.89. The molecule has 0 aromatic carbocycles. The Morgan fingerprint density at radius 3 is 2.78 bits per heavy atom. The van der Waals surface area contributed by atoms with Crippen molar-refractivity contribution in [3.8, 4) is 0 Å². The van der Waals surface area contributed by atoms with Crippen LogP contribution in [0.3, 0.4) is 0 Å². The molecule has 0 aliphatic heterocycles. The fraction of sp³-hybridized carbons (Fsp3) is 0.429. The molecule has 2 N–H and O–H groups in total. The maximum atomic E-state index is 9.15. The molecule has 0 aromatic heterocycles. The van der Waals surface area contributed by atoms with Crippen molar-refractivity contribution < 1.29 is 11.6 Å². The molecule has 0 saturated heterocycles. The smallest absolute Gasteiger partial charge is 0.105 e. The van der Waals surface area contributed by atoms with E-state index >= 15 is 0 Å². The molecule has 0 fully saturated rings. The van der Waals surface area contributed by atoms with Crippen molar-refractivity contribution >= 4 is 0 Å². The van der Waals surface area contributed by atoms with Crippen molar-refractivity contribution in [1.29, 1.82) is 0 Å². The maximum Gasteiger partial charge on any atom is 0.105 e. The Morgan fingerprint density at radius 1 is 1.67 bits per heavy atom. The lowest BCUT2D eigenvalue weighted by atomic mass is 10.0. The van der Waals surface area contributed by atoms with Gasteiger partial charge in [0, 0.05) is 0 Å². The van der Waals surface area contributed by atoms with Gasteiger partial charge in [-0.2, -0.15) is 0 Å². The zero-order valence-corrected chi connectivity index (χ0v) is 5.20. The van der Waals surface area contributed by atoms with Gasteiger partial charge in [0.25, 0.3) is 0 Å². The van der Waals surface area contributed by atoms with Gasteiger partial charge in [0.05, 0.1) is 1.37 Å². The lowest BCUT2D eigenvalue weighted by Crippen LogP contribution is -2.26. The second-order valence-electron chi connectivity index (χ2n) is 2.10. The number of hydrogen-bond donors (Lipinski definition) is 2. The first-order valence-corrected chi connectivity index (χ1v) is 2.80. The van der Waals surface area contributed by atoms with Crippen LogP contribution in [0.25, 0.3) is 0 Å². The van der Waals surface area contributed by atoms with E-state index in [0.29, 0.717) is 5.57 Å². The van der Waals surface area contributed by atoms with Gasteiger partial charge < -0.3 is 10.2 Å². The van der Waals surface area contributed by atoms with Crippen LogP contribution in [0.2, 0.25) is 0 Å². The van der Waals surface area contributed by atoms with E-state index < -0.39 is 12.2 Å². The van der Waals surface area contributed by atoms with Crippen LogP contribution in [-0.4, -0.2) is 22.4 Å². The third-order valence-electron chi connectivity index (χ3n) is 1.34. The first kappa shape index (κ1) is 5.21. The highest BCUT2D eigenvalue weighted by molar-refractivity contribution is 5.23.